The monoisotopic (exact) mass is 1030 g/mol. The van der Waals surface area contributed by atoms with Crippen LogP contribution in [-0.4, -0.2) is 100 Å². The number of carbonyl (C=O) groups is 3. The number of hydrogen-bond donors (Lipinski definition) is 4. The van der Waals surface area contributed by atoms with E-state index in [-0.39, 0.29) is 70.9 Å². The zero-order valence-corrected chi connectivity index (χ0v) is 42.5. The molecule has 1 saturated heterocycles. The number of aryl methyl sites for hydroxylation is 1. The molecular weight excluding hydrogens is 973 g/mol. The molecule has 3 atom stereocenters. The molecule has 8 rings (SSSR count). The highest BCUT2D eigenvalue weighted by atomic mass is 35.5. The summed E-state index contributed by atoms with van der Waals surface area (Å²) in [6.07, 6.45) is 0.702. The van der Waals surface area contributed by atoms with Gasteiger partial charge in [-0.05, 0) is 94.8 Å². The highest BCUT2D eigenvalue weighted by Gasteiger charge is 2.44. The van der Waals surface area contributed by atoms with Gasteiger partial charge in [0.05, 0.1) is 52.5 Å². The Morgan fingerprint density at radius 2 is 1.60 bits per heavy atom. The molecule has 1 aliphatic heterocycles. The van der Waals surface area contributed by atoms with Gasteiger partial charge in [-0.1, -0.05) is 87.0 Å². The molecule has 7 aromatic rings. The minimum Gasteiger partial charge on any atom is -0.491 e. The molecule has 2 aromatic heterocycles. The number of aliphatic hydroxyl groups excluding tert-OH is 1. The molecule has 0 spiro atoms. The number of hydrogen-bond acceptors (Lipinski definition) is 13. The number of thiazole rings is 1. The van der Waals surface area contributed by atoms with Gasteiger partial charge in [-0.2, -0.15) is 0 Å². The molecule has 1 fully saturated rings. The standard InChI is InChI=1S/C55H57ClFN7O8S/c1-34-50(73-33-61-34)38-10-8-35(9-11-38)28-58-53(67)47-27-42(65)29-64(47)54(68)51(55(2,3)4)63-49(66)31-70-21-20-69-22-23-71-43-16-12-37(13-17-43)39-14-18-46-44(25-39)52(60-32-59-46)62-41-15-19-48(45(56)26-41)72-30-36-6-5-7-40(57)24-36/h5-19,24-26,32-33,42,47,51,65H,20-23,27-31H2,1-4H3,(H,58,67)(H,63,66)(H,59,60,62)/t42-,47+,51-/m1/s1. The molecule has 380 valence electrons. The Morgan fingerprint density at radius 1 is 0.849 bits per heavy atom. The maximum atomic E-state index is 14.0. The van der Waals surface area contributed by atoms with Crippen molar-refractivity contribution in [3.05, 3.63) is 149 Å². The van der Waals surface area contributed by atoms with Crippen molar-refractivity contribution in [2.75, 3.05) is 44.9 Å². The molecule has 3 heterocycles. The van der Waals surface area contributed by atoms with E-state index >= 15 is 0 Å². The first-order chi connectivity index (χ1) is 35.2. The molecule has 3 amide bonds. The predicted octanol–water partition coefficient (Wildman–Crippen LogP) is 9.06. The van der Waals surface area contributed by atoms with E-state index in [0.717, 1.165) is 43.7 Å². The van der Waals surface area contributed by atoms with Crippen LogP contribution >= 0.6 is 22.9 Å². The van der Waals surface area contributed by atoms with Crippen LogP contribution in [0.4, 0.5) is 15.9 Å². The van der Waals surface area contributed by atoms with Crippen LogP contribution in [0.3, 0.4) is 0 Å². The van der Waals surface area contributed by atoms with Crippen molar-refractivity contribution >= 4 is 63.1 Å². The second-order valence-corrected chi connectivity index (χ2v) is 19.9. The summed E-state index contributed by atoms with van der Waals surface area (Å²) >= 11 is 8.13. The van der Waals surface area contributed by atoms with Gasteiger partial charge < -0.3 is 44.9 Å². The van der Waals surface area contributed by atoms with Gasteiger partial charge in [-0.15, -0.1) is 11.3 Å². The average molecular weight is 1030 g/mol. The minimum absolute atomic E-state index is 0.0260. The summed E-state index contributed by atoms with van der Waals surface area (Å²) in [5.41, 5.74) is 8.04. The summed E-state index contributed by atoms with van der Waals surface area (Å²) < 4.78 is 36.6. The molecule has 15 nitrogen and oxygen atoms in total. The topological polar surface area (TPSA) is 186 Å². The van der Waals surface area contributed by atoms with Crippen LogP contribution in [0.25, 0.3) is 32.5 Å². The number of nitrogens with zero attached hydrogens (tertiary/aromatic N) is 4. The van der Waals surface area contributed by atoms with Gasteiger partial charge in [0.25, 0.3) is 0 Å². The highest BCUT2D eigenvalue weighted by Crippen LogP contribution is 2.34. The third-order valence-electron chi connectivity index (χ3n) is 12.1. The van der Waals surface area contributed by atoms with Crippen molar-refractivity contribution in [2.45, 2.75) is 65.5 Å². The van der Waals surface area contributed by atoms with Crippen molar-refractivity contribution < 1.29 is 42.8 Å². The first kappa shape index (κ1) is 52.3. The van der Waals surface area contributed by atoms with Crippen molar-refractivity contribution in [1.29, 1.82) is 0 Å². The Bertz CT molecular complexity index is 3030. The number of β-amino-alcohol motifs (C(OH)–C–C–N with tert-alkyl or cyclic N) is 1. The van der Waals surface area contributed by atoms with E-state index in [4.69, 9.17) is 30.5 Å². The van der Waals surface area contributed by atoms with E-state index in [1.807, 2.05) is 106 Å². The number of ether oxygens (including phenoxy) is 4. The van der Waals surface area contributed by atoms with E-state index in [1.165, 1.54) is 23.4 Å². The number of nitrogens with one attached hydrogen (secondary N) is 3. The fraction of sp³-hybridized carbons (Fsp3) is 0.309. The van der Waals surface area contributed by atoms with Gasteiger partial charge in [0.2, 0.25) is 17.7 Å². The molecule has 73 heavy (non-hydrogen) atoms. The Labute approximate surface area is 432 Å². The maximum absolute atomic E-state index is 14.0. The van der Waals surface area contributed by atoms with Crippen molar-refractivity contribution in [3.8, 4) is 33.1 Å². The molecule has 0 saturated carbocycles. The average Bonchev–Trinajstić information content (AvgIpc) is 4.00. The predicted molar refractivity (Wildman–Crippen MR) is 279 cm³/mol. The molecule has 5 aromatic carbocycles. The number of amides is 3. The van der Waals surface area contributed by atoms with E-state index < -0.39 is 35.4 Å². The van der Waals surface area contributed by atoms with Gasteiger partial charge >= 0.3 is 0 Å². The number of aromatic nitrogens is 3. The Morgan fingerprint density at radius 3 is 2.34 bits per heavy atom. The lowest BCUT2D eigenvalue weighted by atomic mass is 9.85. The summed E-state index contributed by atoms with van der Waals surface area (Å²) in [5.74, 6) is 0.0713. The van der Waals surface area contributed by atoms with Gasteiger partial charge in [-0.25, -0.2) is 19.3 Å². The van der Waals surface area contributed by atoms with Gasteiger partial charge in [0.1, 0.15) is 61.4 Å². The zero-order valence-electron chi connectivity index (χ0n) is 40.9. The molecular formula is C55H57ClFN7O8S. The molecule has 0 aliphatic carbocycles. The van der Waals surface area contributed by atoms with Crippen LogP contribution in [0.1, 0.15) is 44.0 Å². The number of carbonyl (C=O) groups excluding carboxylic acids is 3. The number of likely N-dealkylation sites (tertiary alicyclic amines) is 1. The SMILES string of the molecule is Cc1ncsc1-c1ccc(CNC(=O)[C@@H]2C[C@@H](O)CN2C(=O)[C@@H](NC(=O)COCCOCCOc2ccc(-c3ccc4ncnc(Nc5ccc(OCc6cccc(F)c6)c(Cl)c5)c4c3)cc2)C(C)(C)C)cc1. The van der Waals surface area contributed by atoms with Crippen LogP contribution in [0.15, 0.2) is 121 Å². The Hall–Kier alpha value is -7.02. The fourth-order valence-corrected chi connectivity index (χ4v) is 9.33. The largest absolute Gasteiger partial charge is 0.491 e. The lowest BCUT2D eigenvalue weighted by Crippen LogP contribution is -2.58. The van der Waals surface area contributed by atoms with E-state index in [1.54, 1.807) is 35.6 Å². The number of fused-ring (bicyclic) bond motifs is 1. The van der Waals surface area contributed by atoms with Crippen molar-refractivity contribution in [3.63, 3.8) is 0 Å². The molecule has 4 N–H and O–H groups in total. The first-order valence-corrected chi connectivity index (χ1v) is 25.1. The lowest BCUT2D eigenvalue weighted by molar-refractivity contribution is -0.144. The molecule has 18 heteroatoms. The number of benzene rings is 5. The number of rotatable bonds is 21. The summed E-state index contributed by atoms with van der Waals surface area (Å²) in [5, 5.41) is 20.8. The zero-order chi connectivity index (χ0) is 51.5. The van der Waals surface area contributed by atoms with Crippen LogP contribution in [-0.2, 0) is 37.0 Å². The lowest BCUT2D eigenvalue weighted by Gasteiger charge is -2.35. The van der Waals surface area contributed by atoms with Crippen molar-refractivity contribution in [2.24, 2.45) is 5.41 Å². The normalized spacial score (nSPS) is 15.0. The Kier molecular flexibility index (Phi) is 17.3. The number of halogens is 2. The summed E-state index contributed by atoms with van der Waals surface area (Å²) in [4.78, 5) is 56.2. The van der Waals surface area contributed by atoms with E-state index in [0.29, 0.717) is 33.6 Å². The van der Waals surface area contributed by atoms with Crippen LogP contribution < -0.4 is 25.4 Å². The molecule has 0 unspecified atom stereocenters. The summed E-state index contributed by atoms with van der Waals surface area (Å²) in [6, 6.07) is 31.1. The fourth-order valence-electron chi connectivity index (χ4n) is 8.29. The van der Waals surface area contributed by atoms with Crippen LogP contribution in [0.5, 0.6) is 11.5 Å². The second kappa shape index (κ2) is 24.1. The molecule has 0 bridgehead atoms. The van der Waals surface area contributed by atoms with Gasteiger partial charge in [-0.3, -0.25) is 14.4 Å². The van der Waals surface area contributed by atoms with Gasteiger partial charge in [0, 0.05) is 30.6 Å². The summed E-state index contributed by atoms with van der Waals surface area (Å²) in [6.45, 7) is 8.44. The maximum Gasteiger partial charge on any atom is 0.246 e. The second-order valence-electron chi connectivity index (χ2n) is 18.6. The molecule has 1 aliphatic rings. The van der Waals surface area contributed by atoms with Crippen LogP contribution in [0, 0.1) is 18.2 Å². The quantitative estimate of drug-likeness (QED) is 0.0502. The molecule has 0 radical (unpaired) electrons. The summed E-state index contributed by atoms with van der Waals surface area (Å²) in [7, 11) is 0. The first-order valence-electron chi connectivity index (χ1n) is 23.8. The number of anilines is 2. The third kappa shape index (κ3) is 13.9. The van der Waals surface area contributed by atoms with E-state index in [9.17, 15) is 23.9 Å². The van der Waals surface area contributed by atoms with Crippen molar-refractivity contribution in [1.82, 2.24) is 30.5 Å². The van der Waals surface area contributed by atoms with Crippen LogP contribution in [0.2, 0.25) is 5.02 Å². The minimum atomic E-state index is -0.980. The van der Waals surface area contributed by atoms with Gasteiger partial charge in [0.15, 0.2) is 0 Å². The Balaban J connectivity index is 0.747. The number of aliphatic hydroxyl groups is 1. The van der Waals surface area contributed by atoms with E-state index in [2.05, 4.69) is 30.9 Å². The third-order valence-corrected chi connectivity index (χ3v) is 13.4. The smallest absolute Gasteiger partial charge is 0.246 e. The highest BCUT2D eigenvalue weighted by molar-refractivity contribution is 7.13.